The van der Waals surface area contributed by atoms with Gasteiger partial charge in [-0.3, -0.25) is 9.59 Å². The molecular weight excluding hydrogens is 230 g/mol. The Labute approximate surface area is 109 Å². The topological polar surface area (TPSA) is 46.6 Å². The summed E-state index contributed by atoms with van der Waals surface area (Å²) in [7, 11) is 0. The van der Waals surface area contributed by atoms with Crippen LogP contribution in [0.2, 0.25) is 0 Å². The highest BCUT2D eigenvalue weighted by molar-refractivity contribution is 5.82. The van der Waals surface area contributed by atoms with Gasteiger partial charge in [0.2, 0.25) is 0 Å². The van der Waals surface area contributed by atoms with Gasteiger partial charge in [-0.25, -0.2) is 0 Å². The fourth-order valence-corrected chi connectivity index (χ4v) is 2.88. The molecule has 1 aliphatic carbocycles. The van der Waals surface area contributed by atoms with E-state index >= 15 is 0 Å². The summed E-state index contributed by atoms with van der Waals surface area (Å²) in [5.74, 6) is 0.221. The molecule has 0 unspecified atom stereocenters. The first-order valence-corrected chi connectivity index (χ1v) is 6.98. The average Bonchev–Trinajstić information content (AvgIpc) is 3.03. The minimum atomic E-state index is -0.201. The molecule has 0 aromatic heterocycles. The molecule has 102 valence electrons. The summed E-state index contributed by atoms with van der Waals surface area (Å²) >= 11 is 0. The maximum atomic E-state index is 12.1. The number of likely N-dealkylation sites (tertiary alicyclic amines) is 1. The van der Waals surface area contributed by atoms with Crippen LogP contribution in [0, 0.1) is 11.8 Å². The number of rotatable bonds is 3. The lowest BCUT2D eigenvalue weighted by Crippen LogP contribution is -2.49. The van der Waals surface area contributed by atoms with Crippen LogP contribution in [-0.4, -0.2) is 35.5 Å². The van der Waals surface area contributed by atoms with Gasteiger partial charge < -0.3 is 9.64 Å². The van der Waals surface area contributed by atoms with Crippen LogP contribution < -0.4 is 0 Å². The Bertz CT molecular complexity index is 332. The van der Waals surface area contributed by atoms with Crippen molar-refractivity contribution in [2.24, 2.45) is 11.8 Å². The van der Waals surface area contributed by atoms with Crippen LogP contribution in [0.15, 0.2) is 0 Å². The Morgan fingerprint density at radius 1 is 1.17 bits per heavy atom. The maximum Gasteiger partial charge on any atom is 0.309 e. The van der Waals surface area contributed by atoms with E-state index in [-0.39, 0.29) is 36.5 Å². The zero-order valence-corrected chi connectivity index (χ0v) is 11.5. The van der Waals surface area contributed by atoms with Crippen molar-refractivity contribution in [3.8, 4) is 0 Å². The molecule has 4 heteroatoms. The molecule has 4 atom stereocenters. The molecule has 2 aliphatic rings. The molecule has 2 fully saturated rings. The SMILES string of the molecule is C[C@H]1C[C@@H]1C(=O)OCC(=O)N1[C@@H](C)CCC[C@@H]1C. The van der Waals surface area contributed by atoms with Crippen molar-refractivity contribution in [3.63, 3.8) is 0 Å². The smallest absolute Gasteiger partial charge is 0.309 e. The molecule has 2 rings (SSSR count). The van der Waals surface area contributed by atoms with Crippen molar-refractivity contribution in [1.82, 2.24) is 4.90 Å². The predicted molar refractivity (Wildman–Crippen MR) is 67.9 cm³/mol. The van der Waals surface area contributed by atoms with Gasteiger partial charge in [-0.05, 0) is 45.4 Å². The lowest BCUT2D eigenvalue weighted by atomic mass is 9.97. The van der Waals surface area contributed by atoms with Gasteiger partial charge in [-0.2, -0.15) is 0 Å². The number of amides is 1. The van der Waals surface area contributed by atoms with E-state index in [0.29, 0.717) is 5.92 Å². The Morgan fingerprint density at radius 2 is 1.72 bits per heavy atom. The van der Waals surface area contributed by atoms with E-state index in [4.69, 9.17) is 4.74 Å². The number of piperidine rings is 1. The number of hydrogen-bond donors (Lipinski definition) is 0. The highest BCUT2D eigenvalue weighted by Gasteiger charge is 2.41. The monoisotopic (exact) mass is 253 g/mol. The summed E-state index contributed by atoms with van der Waals surface area (Å²) in [5, 5.41) is 0. The Balaban J connectivity index is 1.81. The maximum absolute atomic E-state index is 12.1. The zero-order chi connectivity index (χ0) is 13.3. The van der Waals surface area contributed by atoms with Crippen LogP contribution in [0.4, 0.5) is 0 Å². The van der Waals surface area contributed by atoms with E-state index in [1.165, 1.54) is 6.42 Å². The van der Waals surface area contributed by atoms with Gasteiger partial charge in [0.25, 0.3) is 5.91 Å². The van der Waals surface area contributed by atoms with Gasteiger partial charge in [-0.1, -0.05) is 6.92 Å². The molecule has 1 heterocycles. The fraction of sp³-hybridized carbons (Fsp3) is 0.857. The number of carbonyl (C=O) groups is 2. The standard InChI is InChI=1S/C14H23NO3/c1-9-7-12(9)14(17)18-8-13(16)15-10(2)5-4-6-11(15)3/h9-12H,4-8H2,1-3H3/t9-,10-,11-,12-/m0/s1. The average molecular weight is 253 g/mol. The summed E-state index contributed by atoms with van der Waals surface area (Å²) in [6.45, 7) is 6.08. The Kier molecular flexibility index (Phi) is 3.93. The third-order valence-electron chi connectivity index (χ3n) is 4.23. The van der Waals surface area contributed by atoms with Crippen LogP contribution in [0.1, 0.15) is 46.5 Å². The molecule has 4 nitrogen and oxygen atoms in total. The normalized spacial score (nSPS) is 35.2. The quantitative estimate of drug-likeness (QED) is 0.722. The van der Waals surface area contributed by atoms with Gasteiger partial charge in [0, 0.05) is 12.1 Å². The molecule has 1 amide bonds. The van der Waals surface area contributed by atoms with Crippen molar-refractivity contribution in [2.75, 3.05) is 6.61 Å². The summed E-state index contributed by atoms with van der Waals surface area (Å²) in [6, 6.07) is 0.527. The number of nitrogens with zero attached hydrogens (tertiary/aromatic N) is 1. The highest BCUT2D eigenvalue weighted by atomic mass is 16.5. The first-order valence-electron chi connectivity index (χ1n) is 6.98. The largest absolute Gasteiger partial charge is 0.455 e. The van der Waals surface area contributed by atoms with E-state index in [0.717, 1.165) is 19.3 Å². The number of hydrogen-bond acceptors (Lipinski definition) is 3. The molecular formula is C14H23NO3. The van der Waals surface area contributed by atoms with Crippen molar-refractivity contribution < 1.29 is 14.3 Å². The van der Waals surface area contributed by atoms with Gasteiger partial charge in [0.1, 0.15) is 0 Å². The molecule has 0 aromatic rings. The molecule has 1 saturated heterocycles. The second-order valence-corrected chi connectivity index (χ2v) is 5.86. The Hall–Kier alpha value is -1.06. The molecule has 0 bridgehead atoms. The van der Waals surface area contributed by atoms with Crippen molar-refractivity contribution in [1.29, 1.82) is 0 Å². The molecule has 0 radical (unpaired) electrons. The lowest BCUT2D eigenvalue weighted by Gasteiger charge is -2.38. The molecule has 1 saturated carbocycles. The Morgan fingerprint density at radius 3 is 2.22 bits per heavy atom. The van der Waals surface area contributed by atoms with E-state index < -0.39 is 0 Å². The molecule has 0 N–H and O–H groups in total. The summed E-state index contributed by atoms with van der Waals surface area (Å²) < 4.78 is 5.12. The molecule has 1 aliphatic heterocycles. The van der Waals surface area contributed by atoms with E-state index in [2.05, 4.69) is 13.8 Å². The van der Waals surface area contributed by atoms with Gasteiger partial charge >= 0.3 is 5.97 Å². The van der Waals surface area contributed by atoms with Crippen molar-refractivity contribution >= 4 is 11.9 Å². The number of carbonyl (C=O) groups excluding carboxylic acids is 2. The van der Waals surface area contributed by atoms with Crippen LogP contribution in [-0.2, 0) is 14.3 Å². The fourth-order valence-electron chi connectivity index (χ4n) is 2.88. The van der Waals surface area contributed by atoms with Crippen LogP contribution in [0.25, 0.3) is 0 Å². The van der Waals surface area contributed by atoms with Gasteiger partial charge in [0.15, 0.2) is 6.61 Å². The van der Waals surface area contributed by atoms with Crippen LogP contribution in [0.5, 0.6) is 0 Å². The second-order valence-electron chi connectivity index (χ2n) is 5.86. The minimum Gasteiger partial charge on any atom is -0.455 e. The first-order chi connectivity index (χ1) is 8.50. The van der Waals surface area contributed by atoms with Gasteiger partial charge in [-0.15, -0.1) is 0 Å². The lowest BCUT2D eigenvalue weighted by molar-refractivity contribution is -0.156. The van der Waals surface area contributed by atoms with E-state index in [1.807, 2.05) is 11.8 Å². The predicted octanol–water partition coefficient (Wildman–Crippen LogP) is 1.98. The van der Waals surface area contributed by atoms with Crippen LogP contribution in [0.3, 0.4) is 0 Å². The second kappa shape index (κ2) is 5.29. The molecule has 0 spiro atoms. The summed E-state index contributed by atoms with van der Waals surface area (Å²) in [6.07, 6.45) is 4.17. The minimum absolute atomic E-state index is 0.0361. The highest BCUT2D eigenvalue weighted by Crippen LogP contribution is 2.38. The van der Waals surface area contributed by atoms with Crippen LogP contribution >= 0.6 is 0 Å². The third-order valence-corrected chi connectivity index (χ3v) is 4.23. The molecule has 0 aromatic carbocycles. The van der Waals surface area contributed by atoms with Gasteiger partial charge in [0.05, 0.1) is 5.92 Å². The van der Waals surface area contributed by atoms with Crippen molar-refractivity contribution in [3.05, 3.63) is 0 Å². The number of ether oxygens (including phenoxy) is 1. The number of esters is 1. The first kappa shape index (κ1) is 13.4. The summed E-state index contributed by atoms with van der Waals surface area (Å²) in [4.78, 5) is 25.6. The zero-order valence-electron chi connectivity index (χ0n) is 11.5. The summed E-state index contributed by atoms with van der Waals surface area (Å²) in [5.41, 5.74) is 0. The van der Waals surface area contributed by atoms with Crippen molar-refractivity contribution in [2.45, 2.75) is 58.5 Å². The van der Waals surface area contributed by atoms with E-state index in [1.54, 1.807) is 0 Å². The third kappa shape index (κ3) is 2.85. The van der Waals surface area contributed by atoms with E-state index in [9.17, 15) is 9.59 Å². The molecule has 18 heavy (non-hydrogen) atoms.